The number of aliphatic carboxylic acids is 1. The van der Waals surface area contributed by atoms with Crippen LogP contribution in [0.2, 0.25) is 0 Å². The van der Waals surface area contributed by atoms with Crippen molar-refractivity contribution in [2.24, 2.45) is 11.8 Å². The fraction of sp³-hybridized carbons (Fsp3) is 0.842. The highest BCUT2D eigenvalue weighted by molar-refractivity contribution is 8.00. The summed E-state index contributed by atoms with van der Waals surface area (Å²) < 4.78 is 0. The zero-order valence-electron chi connectivity index (χ0n) is 14.3. The van der Waals surface area contributed by atoms with Gasteiger partial charge in [0.2, 0.25) is 0 Å². The van der Waals surface area contributed by atoms with Gasteiger partial charge >= 0.3 is 5.97 Å². The van der Waals surface area contributed by atoms with Gasteiger partial charge in [-0.15, -0.1) is 0 Å². The van der Waals surface area contributed by atoms with E-state index in [0.717, 1.165) is 29.9 Å². The third-order valence-corrected chi connectivity index (χ3v) is 7.92. The van der Waals surface area contributed by atoms with Crippen molar-refractivity contribution < 1.29 is 9.90 Å². The fourth-order valence-electron chi connectivity index (χ4n) is 3.75. The van der Waals surface area contributed by atoms with E-state index >= 15 is 0 Å². The molecule has 1 aliphatic heterocycles. The Balaban J connectivity index is 1.54. The summed E-state index contributed by atoms with van der Waals surface area (Å²) in [7, 11) is 0. The average Bonchev–Trinajstić information content (AvgIpc) is 2.99. The van der Waals surface area contributed by atoms with Crippen molar-refractivity contribution >= 4 is 29.5 Å². The van der Waals surface area contributed by atoms with Gasteiger partial charge in [0.05, 0.1) is 0 Å². The number of allylic oxidation sites excluding steroid dienone is 1. The minimum Gasteiger partial charge on any atom is -0.478 e. The van der Waals surface area contributed by atoms with Crippen molar-refractivity contribution in [3.05, 3.63) is 12.2 Å². The summed E-state index contributed by atoms with van der Waals surface area (Å²) in [5, 5.41) is 9.52. The first-order valence-corrected chi connectivity index (χ1v) is 11.5. The molecule has 2 atom stereocenters. The van der Waals surface area contributed by atoms with Gasteiger partial charge in [-0.3, -0.25) is 0 Å². The fourth-order valence-corrected chi connectivity index (χ4v) is 6.81. The number of rotatable bonds is 10. The predicted molar refractivity (Wildman–Crippen MR) is 103 cm³/mol. The topological polar surface area (TPSA) is 37.3 Å². The summed E-state index contributed by atoms with van der Waals surface area (Å²) in [6.07, 6.45) is 16.4. The van der Waals surface area contributed by atoms with Gasteiger partial charge in [-0.25, -0.2) is 4.79 Å². The summed E-state index contributed by atoms with van der Waals surface area (Å²) in [5.41, 5.74) is 0. The molecule has 2 nitrogen and oxygen atoms in total. The van der Waals surface area contributed by atoms with E-state index in [1.165, 1.54) is 74.7 Å². The number of carboxylic acid groups (broad SMARTS) is 1. The maximum absolute atomic E-state index is 10.4. The van der Waals surface area contributed by atoms with E-state index < -0.39 is 5.97 Å². The van der Waals surface area contributed by atoms with Crippen LogP contribution in [0.3, 0.4) is 0 Å². The Hall–Kier alpha value is -0.0900. The number of thioether (sulfide) groups is 2. The monoisotopic (exact) mass is 356 g/mol. The molecule has 0 aromatic carbocycles. The van der Waals surface area contributed by atoms with Crippen LogP contribution in [0.25, 0.3) is 0 Å². The van der Waals surface area contributed by atoms with Crippen LogP contribution in [0.15, 0.2) is 12.2 Å². The van der Waals surface area contributed by atoms with Gasteiger partial charge in [-0.1, -0.05) is 31.8 Å². The minimum absolute atomic E-state index is 0.826. The lowest BCUT2D eigenvalue weighted by Gasteiger charge is -2.23. The Morgan fingerprint density at radius 3 is 2.57 bits per heavy atom. The molecule has 2 aliphatic rings. The highest BCUT2D eigenvalue weighted by Gasteiger charge is 2.27. The molecule has 0 amide bonds. The van der Waals surface area contributed by atoms with Gasteiger partial charge in [-0.05, 0) is 67.6 Å². The molecule has 0 spiro atoms. The molecule has 1 saturated heterocycles. The van der Waals surface area contributed by atoms with Crippen molar-refractivity contribution in [3.8, 4) is 0 Å². The molecule has 132 valence electrons. The Bertz CT molecular complexity index is 364. The molecule has 1 saturated carbocycles. The van der Waals surface area contributed by atoms with Gasteiger partial charge in [0.25, 0.3) is 0 Å². The molecule has 4 heteroatoms. The maximum atomic E-state index is 10.4. The van der Waals surface area contributed by atoms with Gasteiger partial charge < -0.3 is 5.11 Å². The van der Waals surface area contributed by atoms with Crippen LogP contribution in [0.1, 0.15) is 64.2 Å². The average molecular weight is 357 g/mol. The van der Waals surface area contributed by atoms with E-state index in [1.54, 1.807) is 6.08 Å². The smallest absolute Gasteiger partial charge is 0.327 e. The highest BCUT2D eigenvalue weighted by atomic mass is 32.2. The van der Waals surface area contributed by atoms with Crippen LogP contribution < -0.4 is 0 Å². The zero-order valence-corrected chi connectivity index (χ0v) is 15.9. The molecule has 1 N–H and O–H groups in total. The van der Waals surface area contributed by atoms with Crippen molar-refractivity contribution in [2.75, 3.05) is 17.3 Å². The van der Waals surface area contributed by atoms with E-state index in [4.69, 9.17) is 5.11 Å². The largest absolute Gasteiger partial charge is 0.478 e. The molecule has 1 heterocycles. The third kappa shape index (κ3) is 8.02. The van der Waals surface area contributed by atoms with E-state index in [2.05, 4.69) is 23.5 Å². The van der Waals surface area contributed by atoms with E-state index in [9.17, 15) is 4.79 Å². The Morgan fingerprint density at radius 2 is 1.83 bits per heavy atom. The number of carboxylic acids is 1. The zero-order chi connectivity index (χ0) is 16.3. The summed E-state index contributed by atoms with van der Waals surface area (Å²) >= 11 is 4.40. The van der Waals surface area contributed by atoms with Gasteiger partial charge in [0, 0.05) is 11.3 Å². The normalized spacial score (nSPS) is 26.1. The molecule has 2 unspecified atom stereocenters. The Labute approximate surface area is 150 Å². The molecule has 0 bridgehead atoms. The second-order valence-corrected chi connectivity index (χ2v) is 9.49. The minimum atomic E-state index is -0.826. The molecular weight excluding hydrogens is 324 g/mol. The Morgan fingerprint density at radius 1 is 1.09 bits per heavy atom. The molecule has 2 rings (SSSR count). The summed E-state index contributed by atoms with van der Waals surface area (Å²) in [5.74, 6) is 5.11. The van der Waals surface area contributed by atoms with E-state index in [0.29, 0.717) is 0 Å². The van der Waals surface area contributed by atoms with Crippen LogP contribution in [0.5, 0.6) is 0 Å². The molecule has 0 aromatic rings. The first kappa shape index (κ1) is 19.2. The van der Waals surface area contributed by atoms with Crippen molar-refractivity contribution in [1.82, 2.24) is 0 Å². The number of carbonyl (C=O) groups is 1. The summed E-state index contributed by atoms with van der Waals surface area (Å²) in [6.45, 7) is 0. The van der Waals surface area contributed by atoms with Crippen molar-refractivity contribution in [2.45, 2.75) is 69.5 Å². The molecule has 1 aliphatic carbocycles. The van der Waals surface area contributed by atoms with Gasteiger partial charge in [0.15, 0.2) is 0 Å². The lowest BCUT2D eigenvalue weighted by Crippen LogP contribution is -2.15. The second-order valence-electron chi connectivity index (χ2n) is 7.00. The molecule has 23 heavy (non-hydrogen) atoms. The number of hydrogen-bond donors (Lipinski definition) is 1. The quantitative estimate of drug-likeness (QED) is 0.407. The van der Waals surface area contributed by atoms with Crippen LogP contribution in [-0.2, 0) is 4.79 Å². The maximum Gasteiger partial charge on any atom is 0.327 e. The molecule has 2 fully saturated rings. The van der Waals surface area contributed by atoms with Crippen LogP contribution in [0, 0.1) is 11.8 Å². The molecule has 0 aromatic heterocycles. The predicted octanol–water partition coefficient (Wildman–Crippen LogP) is 5.62. The van der Waals surface area contributed by atoms with Crippen molar-refractivity contribution in [1.29, 1.82) is 0 Å². The lowest BCUT2D eigenvalue weighted by molar-refractivity contribution is -0.131. The summed E-state index contributed by atoms with van der Waals surface area (Å²) in [6, 6.07) is 0. The Kier molecular flexibility index (Phi) is 9.59. The van der Waals surface area contributed by atoms with Gasteiger partial charge in [0.1, 0.15) is 0 Å². The first-order valence-electron chi connectivity index (χ1n) is 9.34. The third-order valence-electron chi connectivity index (χ3n) is 5.18. The number of unbranched alkanes of at least 4 members (excludes halogenated alkanes) is 2. The standard InChI is InChI=1S/C19H32O2S2/c20-19(21)11-7-2-1-4-8-16-14-22-15-17(16)12-13-23-18-9-5-3-6-10-18/h7,11,16-18H,1-6,8-10,12-15H2,(H,20,21)/b11-7+. The van der Waals surface area contributed by atoms with Crippen LogP contribution >= 0.6 is 23.5 Å². The molecule has 0 radical (unpaired) electrons. The van der Waals surface area contributed by atoms with Gasteiger partial charge in [-0.2, -0.15) is 23.5 Å². The molecular formula is C19H32O2S2. The number of hydrogen-bond acceptors (Lipinski definition) is 3. The van der Waals surface area contributed by atoms with Crippen LogP contribution in [-0.4, -0.2) is 33.6 Å². The highest BCUT2D eigenvalue weighted by Crippen LogP contribution is 2.37. The van der Waals surface area contributed by atoms with Crippen molar-refractivity contribution in [3.63, 3.8) is 0 Å². The summed E-state index contributed by atoms with van der Waals surface area (Å²) in [4.78, 5) is 10.4. The van der Waals surface area contributed by atoms with E-state index in [-0.39, 0.29) is 0 Å². The second kappa shape index (κ2) is 11.5. The van der Waals surface area contributed by atoms with E-state index in [1.807, 2.05) is 0 Å². The lowest BCUT2D eigenvalue weighted by atomic mass is 9.89. The first-order chi connectivity index (χ1) is 11.3. The van der Waals surface area contributed by atoms with Crippen LogP contribution in [0.4, 0.5) is 0 Å². The SMILES string of the molecule is O=C(O)/C=C/CCCCC1CSCC1CCSC1CCCCC1.